The summed E-state index contributed by atoms with van der Waals surface area (Å²) in [5.41, 5.74) is 0.341. The summed E-state index contributed by atoms with van der Waals surface area (Å²) < 4.78 is 1.40. The molecule has 0 spiro atoms. The predicted molar refractivity (Wildman–Crippen MR) is 79.7 cm³/mol. The average Bonchev–Trinajstić information content (AvgIpc) is 2.44. The molecule has 104 valence electrons. The number of carbonyl (C=O) groups excluding carboxylic acids is 1. The largest absolute Gasteiger partial charge is 0.355 e. The highest BCUT2D eigenvalue weighted by molar-refractivity contribution is 6.35. The molecule has 1 aromatic heterocycles. The zero-order valence-corrected chi connectivity index (χ0v) is 12.2. The average molecular weight is 311 g/mol. The Kier molecular flexibility index (Phi) is 4.47. The van der Waals surface area contributed by atoms with E-state index < -0.39 is 5.91 Å². The van der Waals surface area contributed by atoms with Crippen LogP contribution < -0.4 is 10.9 Å². The Morgan fingerprint density at radius 3 is 2.45 bits per heavy atom. The summed E-state index contributed by atoms with van der Waals surface area (Å²) in [6, 6.07) is 8.26. The summed E-state index contributed by atoms with van der Waals surface area (Å²) in [7, 11) is 1.48. The van der Waals surface area contributed by atoms with Gasteiger partial charge in [0.1, 0.15) is 5.56 Å². The first-order valence-corrected chi connectivity index (χ1v) is 6.64. The number of hydrogen-bond donors (Lipinski definition) is 1. The van der Waals surface area contributed by atoms with Crippen molar-refractivity contribution >= 4 is 29.1 Å². The number of nitrogens with one attached hydrogen (secondary N) is 1. The molecule has 2 aromatic rings. The van der Waals surface area contributed by atoms with Crippen molar-refractivity contribution in [1.82, 2.24) is 9.88 Å². The monoisotopic (exact) mass is 310 g/mol. The van der Waals surface area contributed by atoms with E-state index in [1.165, 1.54) is 17.7 Å². The molecule has 0 saturated heterocycles. The van der Waals surface area contributed by atoms with E-state index in [2.05, 4.69) is 5.32 Å². The number of aromatic nitrogens is 1. The van der Waals surface area contributed by atoms with Crippen LogP contribution in [0.25, 0.3) is 0 Å². The minimum Gasteiger partial charge on any atom is -0.355 e. The van der Waals surface area contributed by atoms with E-state index in [-0.39, 0.29) is 17.7 Å². The summed E-state index contributed by atoms with van der Waals surface area (Å²) in [5.74, 6) is -0.422. The molecule has 4 nitrogen and oxygen atoms in total. The molecule has 6 heteroatoms. The fourth-order valence-electron chi connectivity index (χ4n) is 1.82. The van der Waals surface area contributed by atoms with Crippen LogP contribution >= 0.6 is 23.2 Å². The van der Waals surface area contributed by atoms with Gasteiger partial charge < -0.3 is 9.88 Å². The van der Waals surface area contributed by atoms with E-state index in [4.69, 9.17) is 23.2 Å². The maximum Gasteiger partial charge on any atom is 0.263 e. The number of pyridine rings is 1. The summed E-state index contributed by atoms with van der Waals surface area (Å²) in [5, 5.41) is 3.39. The molecule has 0 saturated carbocycles. The third-order valence-corrected chi connectivity index (χ3v) is 3.59. The van der Waals surface area contributed by atoms with Crippen molar-refractivity contribution in [2.75, 3.05) is 7.05 Å². The molecule has 1 heterocycles. The van der Waals surface area contributed by atoms with E-state index >= 15 is 0 Å². The van der Waals surface area contributed by atoms with Crippen molar-refractivity contribution in [3.63, 3.8) is 0 Å². The number of nitrogens with zero attached hydrogens (tertiary/aromatic N) is 1. The molecule has 1 aromatic carbocycles. The van der Waals surface area contributed by atoms with Crippen LogP contribution in [0.4, 0.5) is 0 Å². The van der Waals surface area contributed by atoms with Gasteiger partial charge in [0.15, 0.2) is 0 Å². The van der Waals surface area contributed by atoms with Crippen LogP contribution in [0.5, 0.6) is 0 Å². The van der Waals surface area contributed by atoms with E-state index in [1.54, 1.807) is 30.5 Å². The van der Waals surface area contributed by atoms with Gasteiger partial charge in [-0.2, -0.15) is 0 Å². The standard InChI is InChI=1S/C14H12Cl2N2O2/c1-17-13(19)9-4-3-7-18(14(9)20)8-10-11(15)5-2-6-12(10)16/h2-7H,8H2,1H3,(H,17,19). The first-order valence-electron chi connectivity index (χ1n) is 5.89. The van der Waals surface area contributed by atoms with E-state index in [1.807, 2.05) is 0 Å². The Labute approximate surface area is 125 Å². The van der Waals surface area contributed by atoms with Gasteiger partial charge in [-0.05, 0) is 24.3 Å². The van der Waals surface area contributed by atoms with Gasteiger partial charge in [-0.1, -0.05) is 29.3 Å². The highest BCUT2D eigenvalue weighted by Gasteiger charge is 2.12. The fraction of sp³-hybridized carbons (Fsp3) is 0.143. The Bertz CT molecular complexity index is 690. The highest BCUT2D eigenvalue weighted by Crippen LogP contribution is 2.24. The molecular formula is C14H12Cl2N2O2. The zero-order valence-electron chi connectivity index (χ0n) is 10.7. The Hall–Kier alpha value is -1.78. The number of benzene rings is 1. The summed E-state index contributed by atoms with van der Waals surface area (Å²) >= 11 is 12.2. The van der Waals surface area contributed by atoms with Gasteiger partial charge in [-0.25, -0.2) is 0 Å². The Morgan fingerprint density at radius 1 is 1.20 bits per heavy atom. The molecule has 1 amide bonds. The second-order valence-corrected chi connectivity index (χ2v) is 4.95. The first kappa shape index (κ1) is 14.6. The third-order valence-electron chi connectivity index (χ3n) is 2.88. The van der Waals surface area contributed by atoms with Crippen LogP contribution in [0.2, 0.25) is 10.0 Å². The number of hydrogen-bond acceptors (Lipinski definition) is 2. The lowest BCUT2D eigenvalue weighted by Crippen LogP contribution is -2.31. The number of rotatable bonds is 3. The summed E-state index contributed by atoms with van der Waals surface area (Å²) in [4.78, 5) is 23.8. The lowest BCUT2D eigenvalue weighted by molar-refractivity contribution is 0.0961. The zero-order chi connectivity index (χ0) is 14.7. The van der Waals surface area contributed by atoms with Crippen LogP contribution in [0.15, 0.2) is 41.3 Å². The first-order chi connectivity index (χ1) is 9.54. The molecule has 0 unspecified atom stereocenters. The number of carbonyl (C=O) groups is 1. The van der Waals surface area contributed by atoms with Gasteiger partial charge in [0, 0.05) is 28.9 Å². The van der Waals surface area contributed by atoms with Crippen LogP contribution in [-0.2, 0) is 6.54 Å². The smallest absolute Gasteiger partial charge is 0.263 e. The van der Waals surface area contributed by atoms with Gasteiger partial charge >= 0.3 is 0 Å². The summed E-state index contributed by atoms with van der Waals surface area (Å²) in [6.45, 7) is 0.210. The maximum absolute atomic E-state index is 12.2. The van der Waals surface area contributed by atoms with Crippen molar-refractivity contribution in [2.24, 2.45) is 0 Å². The van der Waals surface area contributed by atoms with Gasteiger partial charge in [0.05, 0.1) is 6.54 Å². The van der Waals surface area contributed by atoms with Crippen LogP contribution in [0.1, 0.15) is 15.9 Å². The van der Waals surface area contributed by atoms with Crippen molar-refractivity contribution in [3.8, 4) is 0 Å². The SMILES string of the molecule is CNC(=O)c1cccn(Cc2c(Cl)cccc2Cl)c1=O. The molecule has 20 heavy (non-hydrogen) atoms. The lowest BCUT2D eigenvalue weighted by atomic mass is 10.2. The normalized spacial score (nSPS) is 10.3. The molecule has 0 atom stereocenters. The quantitative estimate of drug-likeness (QED) is 0.947. The molecule has 0 aliphatic carbocycles. The van der Waals surface area contributed by atoms with Crippen molar-refractivity contribution in [3.05, 3.63) is 68.1 Å². The van der Waals surface area contributed by atoms with Gasteiger partial charge in [0.25, 0.3) is 11.5 Å². The third kappa shape index (κ3) is 2.86. The molecule has 0 bridgehead atoms. The van der Waals surface area contributed by atoms with Gasteiger partial charge in [-0.3, -0.25) is 9.59 Å². The fourth-order valence-corrected chi connectivity index (χ4v) is 2.34. The second kappa shape index (κ2) is 6.11. The second-order valence-electron chi connectivity index (χ2n) is 4.13. The topological polar surface area (TPSA) is 51.1 Å². The van der Waals surface area contributed by atoms with Gasteiger partial charge in [-0.15, -0.1) is 0 Å². The van der Waals surface area contributed by atoms with E-state index in [0.717, 1.165) is 0 Å². The molecule has 0 radical (unpaired) electrons. The summed E-state index contributed by atoms with van der Waals surface area (Å²) in [6.07, 6.45) is 1.59. The molecule has 0 aliphatic rings. The molecular weight excluding hydrogens is 299 g/mol. The van der Waals surface area contributed by atoms with Crippen LogP contribution in [-0.4, -0.2) is 17.5 Å². The maximum atomic E-state index is 12.2. The minimum absolute atomic E-state index is 0.0816. The van der Waals surface area contributed by atoms with Crippen molar-refractivity contribution in [1.29, 1.82) is 0 Å². The lowest BCUT2D eigenvalue weighted by Gasteiger charge is -2.10. The molecule has 0 fully saturated rings. The Balaban J connectivity index is 2.45. The van der Waals surface area contributed by atoms with Crippen molar-refractivity contribution < 1.29 is 4.79 Å². The number of halogens is 2. The van der Waals surface area contributed by atoms with E-state index in [9.17, 15) is 9.59 Å². The molecule has 0 aliphatic heterocycles. The number of amides is 1. The molecule has 1 N–H and O–H groups in total. The molecule has 2 rings (SSSR count). The Morgan fingerprint density at radius 2 is 1.85 bits per heavy atom. The minimum atomic E-state index is -0.422. The predicted octanol–water partition coefficient (Wildman–Crippen LogP) is 2.56. The van der Waals surface area contributed by atoms with Gasteiger partial charge in [0.2, 0.25) is 0 Å². The highest BCUT2D eigenvalue weighted by atomic mass is 35.5. The van der Waals surface area contributed by atoms with Crippen LogP contribution in [0, 0.1) is 0 Å². The van der Waals surface area contributed by atoms with E-state index in [0.29, 0.717) is 15.6 Å². The van der Waals surface area contributed by atoms with Crippen molar-refractivity contribution in [2.45, 2.75) is 6.54 Å². The van der Waals surface area contributed by atoms with Crippen LogP contribution in [0.3, 0.4) is 0 Å².